The smallest absolute Gasteiger partial charge is 0.242 e. The molecular weight excluding hydrogens is 404 g/mol. The number of rotatable bonds is 6. The number of sulfonamides is 1. The Morgan fingerprint density at radius 3 is 2.76 bits per heavy atom. The first kappa shape index (κ1) is 19.5. The molecule has 1 saturated heterocycles. The van der Waals surface area contributed by atoms with Crippen molar-refractivity contribution in [2.75, 3.05) is 24.5 Å². The zero-order valence-corrected chi connectivity index (χ0v) is 18.3. The summed E-state index contributed by atoms with van der Waals surface area (Å²) < 4.78 is 27.5. The number of hydrogen-bond acceptors (Lipinski definition) is 6. The summed E-state index contributed by atoms with van der Waals surface area (Å²) in [7, 11) is -3.46. The average molecular weight is 433 g/mol. The van der Waals surface area contributed by atoms with E-state index in [4.69, 9.17) is 4.98 Å². The third kappa shape index (κ3) is 4.34. The van der Waals surface area contributed by atoms with Gasteiger partial charge in [0.1, 0.15) is 10.7 Å². The Balaban J connectivity index is 1.27. The maximum absolute atomic E-state index is 12.4. The molecule has 2 aromatic rings. The van der Waals surface area contributed by atoms with Crippen LogP contribution in [0.1, 0.15) is 60.0 Å². The maximum atomic E-state index is 12.4. The zero-order valence-electron chi connectivity index (χ0n) is 16.6. The number of nitrogens with one attached hydrogen (secondary N) is 1. The molecule has 156 valence electrons. The predicted molar refractivity (Wildman–Crippen MR) is 115 cm³/mol. The molecule has 0 bridgehead atoms. The van der Waals surface area contributed by atoms with Crippen LogP contribution in [0, 0.1) is 5.92 Å². The molecule has 1 unspecified atom stereocenters. The van der Waals surface area contributed by atoms with Crippen molar-refractivity contribution in [3.05, 3.63) is 33.9 Å². The normalized spacial score (nSPS) is 22.5. The molecule has 29 heavy (non-hydrogen) atoms. The van der Waals surface area contributed by atoms with Gasteiger partial charge in [-0.15, -0.1) is 11.3 Å². The van der Waals surface area contributed by atoms with Gasteiger partial charge in [0.15, 0.2) is 0 Å². The second-order valence-electron chi connectivity index (χ2n) is 8.56. The minimum atomic E-state index is -3.46. The van der Waals surface area contributed by atoms with Crippen LogP contribution in [0.2, 0.25) is 0 Å². The largest absolute Gasteiger partial charge is 0.356 e. The lowest BCUT2D eigenvalue weighted by Gasteiger charge is -2.32. The second kappa shape index (κ2) is 7.96. The van der Waals surface area contributed by atoms with Gasteiger partial charge in [0.2, 0.25) is 10.0 Å². The number of piperidine rings is 1. The van der Waals surface area contributed by atoms with Gasteiger partial charge in [-0.25, -0.2) is 23.1 Å². The van der Waals surface area contributed by atoms with Crippen molar-refractivity contribution in [1.29, 1.82) is 0 Å². The van der Waals surface area contributed by atoms with Crippen LogP contribution >= 0.6 is 11.3 Å². The number of thiazole rings is 1. The third-order valence-electron chi connectivity index (χ3n) is 6.25. The minimum absolute atomic E-state index is 0.253. The molecule has 2 fully saturated rings. The van der Waals surface area contributed by atoms with Crippen LogP contribution in [0.5, 0.6) is 0 Å². The fourth-order valence-electron chi connectivity index (χ4n) is 4.28. The number of hydrogen-bond donors (Lipinski definition) is 1. The maximum Gasteiger partial charge on any atom is 0.242 e. The van der Waals surface area contributed by atoms with Crippen molar-refractivity contribution >= 4 is 27.2 Å². The van der Waals surface area contributed by atoms with Gasteiger partial charge in [-0.1, -0.05) is 0 Å². The SMILES string of the molecule is O=S(=O)(NCC1CC1)c1ccc(N2CCCC(c3nc4c(s3)CCCC4)C2)nc1. The number of aromatic nitrogens is 2. The molecule has 3 aliphatic rings. The van der Waals surface area contributed by atoms with Crippen molar-refractivity contribution in [2.24, 2.45) is 5.92 Å². The summed E-state index contributed by atoms with van der Waals surface area (Å²) in [5.41, 5.74) is 1.33. The first-order chi connectivity index (χ1) is 14.1. The molecule has 0 radical (unpaired) electrons. The van der Waals surface area contributed by atoms with Crippen molar-refractivity contribution in [3.63, 3.8) is 0 Å². The predicted octanol–water partition coefficient (Wildman–Crippen LogP) is 3.49. The highest BCUT2D eigenvalue weighted by atomic mass is 32.2. The molecule has 3 heterocycles. The van der Waals surface area contributed by atoms with Crippen molar-refractivity contribution in [2.45, 2.75) is 62.2 Å². The molecule has 1 saturated carbocycles. The van der Waals surface area contributed by atoms with E-state index in [1.54, 1.807) is 6.07 Å². The van der Waals surface area contributed by atoms with E-state index in [9.17, 15) is 8.42 Å². The monoisotopic (exact) mass is 432 g/mol. The molecular formula is C21H28N4O2S2. The summed E-state index contributed by atoms with van der Waals surface area (Å²) in [5, 5.41) is 1.28. The molecule has 6 nitrogen and oxygen atoms in total. The summed E-state index contributed by atoms with van der Waals surface area (Å²) in [6, 6.07) is 3.53. The molecule has 2 aliphatic carbocycles. The van der Waals surface area contributed by atoms with Crippen LogP contribution in [0.15, 0.2) is 23.2 Å². The van der Waals surface area contributed by atoms with Crippen LogP contribution in [0.25, 0.3) is 0 Å². The summed E-state index contributed by atoms with van der Waals surface area (Å²) >= 11 is 1.91. The molecule has 2 aromatic heterocycles. The van der Waals surface area contributed by atoms with E-state index in [1.165, 1.54) is 47.5 Å². The molecule has 8 heteroatoms. The molecule has 1 atom stereocenters. The molecule has 1 N–H and O–H groups in total. The highest BCUT2D eigenvalue weighted by molar-refractivity contribution is 7.89. The molecule has 0 amide bonds. The van der Waals surface area contributed by atoms with E-state index in [2.05, 4.69) is 14.6 Å². The van der Waals surface area contributed by atoms with Crippen LogP contribution in [0.3, 0.4) is 0 Å². The standard InChI is InChI=1S/C21H28N4O2S2/c26-29(27,23-12-15-7-8-15)17-9-10-20(22-13-17)25-11-3-4-16(14-25)21-24-18-5-1-2-6-19(18)28-21/h9-10,13,15-16,23H,1-8,11-12,14H2. The van der Waals surface area contributed by atoms with Gasteiger partial charge in [-0.3, -0.25) is 0 Å². The van der Waals surface area contributed by atoms with Gasteiger partial charge in [0.25, 0.3) is 0 Å². The first-order valence-corrected chi connectivity index (χ1v) is 13.1. The average Bonchev–Trinajstić information content (AvgIpc) is 3.49. The Kier molecular flexibility index (Phi) is 5.34. The fraction of sp³-hybridized carbons (Fsp3) is 0.619. The first-order valence-electron chi connectivity index (χ1n) is 10.8. The lowest BCUT2D eigenvalue weighted by atomic mass is 9.98. The summed E-state index contributed by atoms with van der Waals surface area (Å²) in [4.78, 5) is 13.5. The molecule has 1 aliphatic heterocycles. The number of anilines is 1. The molecule has 0 aromatic carbocycles. The Bertz CT molecular complexity index is 944. The topological polar surface area (TPSA) is 75.2 Å². The van der Waals surface area contributed by atoms with E-state index >= 15 is 0 Å². The molecule has 0 spiro atoms. The number of pyridine rings is 1. The number of fused-ring (bicyclic) bond motifs is 1. The van der Waals surface area contributed by atoms with Gasteiger partial charge < -0.3 is 4.90 Å². The van der Waals surface area contributed by atoms with Crippen molar-refractivity contribution < 1.29 is 8.42 Å². The summed E-state index contributed by atoms with van der Waals surface area (Å²) in [6.07, 6.45) is 10.9. The van der Waals surface area contributed by atoms with Gasteiger partial charge in [0.05, 0.1) is 10.7 Å². The van der Waals surface area contributed by atoms with E-state index in [1.807, 2.05) is 17.4 Å². The van der Waals surface area contributed by atoms with E-state index in [-0.39, 0.29) is 4.90 Å². The summed E-state index contributed by atoms with van der Waals surface area (Å²) in [5.74, 6) is 1.82. The van der Waals surface area contributed by atoms with Crippen molar-refractivity contribution in [3.8, 4) is 0 Å². The van der Waals surface area contributed by atoms with Gasteiger partial charge in [-0.05, 0) is 69.4 Å². The minimum Gasteiger partial charge on any atom is -0.356 e. The third-order valence-corrected chi connectivity index (χ3v) is 8.98. The van der Waals surface area contributed by atoms with Gasteiger partial charge in [-0.2, -0.15) is 0 Å². The van der Waals surface area contributed by atoms with Crippen LogP contribution in [0.4, 0.5) is 5.82 Å². The Labute approximate surface area is 176 Å². The lowest BCUT2D eigenvalue weighted by molar-refractivity contribution is 0.504. The fourth-order valence-corrected chi connectivity index (χ4v) is 6.62. The van der Waals surface area contributed by atoms with E-state index in [0.29, 0.717) is 18.4 Å². The second-order valence-corrected chi connectivity index (χ2v) is 11.4. The van der Waals surface area contributed by atoms with Gasteiger partial charge in [0, 0.05) is 36.6 Å². The van der Waals surface area contributed by atoms with Crippen LogP contribution in [-0.4, -0.2) is 38.0 Å². The van der Waals surface area contributed by atoms with E-state index in [0.717, 1.165) is 44.6 Å². The van der Waals surface area contributed by atoms with Crippen molar-refractivity contribution in [1.82, 2.24) is 14.7 Å². The van der Waals surface area contributed by atoms with Crippen LogP contribution < -0.4 is 9.62 Å². The Morgan fingerprint density at radius 2 is 2.00 bits per heavy atom. The lowest BCUT2D eigenvalue weighted by Crippen LogP contribution is -2.35. The highest BCUT2D eigenvalue weighted by Crippen LogP contribution is 2.35. The summed E-state index contributed by atoms with van der Waals surface area (Å²) in [6.45, 7) is 2.40. The van der Waals surface area contributed by atoms with E-state index < -0.39 is 10.0 Å². The quantitative estimate of drug-likeness (QED) is 0.756. The zero-order chi connectivity index (χ0) is 19.8. The number of aryl methyl sites for hydroxylation is 2. The highest BCUT2D eigenvalue weighted by Gasteiger charge is 2.28. The van der Waals surface area contributed by atoms with Crippen LogP contribution in [-0.2, 0) is 22.9 Å². The number of nitrogens with zero attached hydrogens (tertiary/aromatic N) is 3. The Morgan fingerprint density at radius 1 is 1.14 bits per heavy atom. The molecule has 5 rings (SSSR count). The van der Waals surface area contributed by atoms with Gasteiger partial charge >= 0.3 is 0 Å². The Hall–Kier alpha value is -1.51.